The van der Waals surface area contributed by atoms with Gasteiger partial charge < -0.3 is 25.0 Å². The predicted molar refractivity (Wildman–Crippen MR) is 219 cm³/mol. The van der Waals surface area contributed by atoms with Gasteiger partial charge in [0.15, 0.2) is 0 Å². The Morgan fingerprint density at radius 1 is 1.00 bits per heavy atom. The molecule has 0 unspecified atom stereocenters. The topological polar surface area (TPSA) is 130 Å². The third-order valence-electron chi connectivity index (χ3n) is 11.0. The van der Waals surface area contributed by atoms with Crippen molar-refractivity contribution in [2.24, 2.45) is 5.92 Å². The van der Waals surface area contributed by atoms with Crippen LogP contribution in [0.4, 0.5) is 0 Å². The molecule has 3 heterocycles. The summed E-state index contributed by atoms with van der Waals surface area (Å²) in [5.74, 6) is 0.680. The summed E-state index contributed by atoms with van der Waals surface area (Å²) in [5, 5.41) is 16.6. The number of piperidine rings is 1. The fraction of sp³-hybridized carbons (Fsp3) is 0.432. The van der Waals surface area contributed by atoms with Crippen LogP contribution in [0.15, 0.2) is 83.9 Å². The molecule has 2 aliphatic rings. The zero-order valence-corrected chi connectivity index (χ0v) is 33.0. The lowest BCUT2D eigenvalue weighted by Crippen LogP contribution is -2.51. The smallest absolute Gasteiger partial charge is 0.261 e. The van der Waals surface area contributed by atoms with Crippen LogP contribution in [-0.2, 0) is 17.8 Å². The van der Waals surface area contributed by atoms with Gasteiger partial charge in [-0.3, -0.25) is 23.9 Å². The molecule has 5 aromatic rings. The molecule has 2 aromatic heterocycles. The number of pyridine rings is 1. The van der Waals surface area contributed by atoms with E-state index in [9.17, 15) is 19.5 Å². The number of carbonyl (C=O) groups excluding carboxylic acids is 2. The van der Waals surface area contributed by atoms with Crippen molar-refractivity contribution in [2.45, 2.75) is 69.4 Å². The van der Waals surface area contributed by atoms with Crippen LogP contribution in [0.1, 0.15) is 72.5 Å². The molecular formula is C44H51ClN6O5. The Labute approximate surface area is 332 Å². The van der Waals surface area contributed by atoms with Crippen molar-refractivity contribution in [3.63, 3.8) is 0 Å². The maximum Gasteiger partial charge on any atom is 0.261 e. The van der Waals surface area contributed by atoms with E-state index in [1.54, 1.807) is 30.3 Å². The quantitative estimate of drug-likeness (QED) is 0.113. The number of fused-ring (bicyclic) bond motifs is 2. The minimum Gasteiger partial charge on any atom is -0.493 e. The number of aromatic nitrogens is 3. The largest absolute Gasteiger partial charge is 0.493 e. The number of hydrogen-bond donors (Lipinski definition) is 2. The van der Waals surface area contributed by atoms with E-state index < -0.39 is 5.60 Å². The van der Waals surface area contributed by atoms with Crippen molar-refractivity contribution in [3.05, 3.63) is 111 Å². The number of carbonyl (C=O) groups is 2. The number of amides is 2. The van der Waals surface area contributed by atoms with Gasteiger partial charge in [-0.1, -0.05) is 48.0 Å². The number of likely N-dealkylation sites (tertiary alicyclic amines) is 1. The molecule has 1 saturated heterocycles. The molecule has 12 heteroatoms. The third-order valence-corrected chi connectivity index (χ3v) is 11.3. The lowest BCUT2D eigenvalue weighted by Gasteiger charge is -2.39. The molecule has 1 aliphatic heterocycles. The maximum absolute atomic E-state index is 14.1. The second-order valence-corrected chi connectivity index (χ2v) is 16.1. The Morgan fingerprint density at radius 2 is 1.77 bits per heavy atom. The van der Waals surface area contributed by atoms with E-state index in [1.807, 2.05) is 61.5 Å². The lowest BCUT2D eigenvalue weighted by atomic mass is 9.88. The summed E-state index contributed by atoms with van der Waals surface area (Å²) < 4.78 is 7.33. The number of halogens is 1. The molecule has 11 nitrogen and oxygen atoms in total. The summed E-state index contributed by atoms with van der Waals surface area (Å²) in [7, 11) is 4.04. The summed E-state index contributed by atoms with van der Waals surface area (Å²) in [4.78, 5) is 53.9. The number of rotatable bonds is 16. The molecular weight excluding hydrogens is 728 g/mol. The van der Waals surface area contributed by atoms with Crippen molar-refractivity contribution in [1.82, 2.24) is 29.7 Å². The fourth-order valence-corrected chi connectivity index (χ4v) is 7.86. The zero-order valence-electron chi connectivity index (χ0n) is 32.3. The number of nitrogens with one attached hydrogen (secondary N) is 1. The van der Waals surface area contributed by atoms with Crippen LogP contribution in [0.3, 0.4) is 0 Å². The van der Waals surface area contributed by atoms with Crippen LogP contribution < -0.4 is 15.6 Å². The molecule has 1 aliphatic carbocycles. The third kappa shape index (κ3) is 9.75. The van der Waals surface area contributed by atoms with Gasteiger partial charge in [0.05, 0.1) is 46.5 Å². The van der Waals surface area contributed by atoms with E-state index in [1.165, 1.54) is 10.9 Å². The van der Waals surface area contributed by atoms with Gasteiger partial charge >= 0.3 is 0 Å². The second-order valence-electron chi connectivity index (χ2n) is 15.7. The van der Waals surface area contributed by atoms with Gasteiger partial charge in [0.1, 0.15) is 5.75 Å². The summed E-state index contributed by atoms with van der Waals surface area (Å²) >= 11 is 6.53. The number of aliphatic hydroxyl groups is 1. The van der Waals surface area contributed by atoms with Gasteiger partial charge in [0.25, 0.3) is 11.5 Å². The average molecular weight is 779 g/mol. The molecule has 1 saturated carbocycles. The lowest BCUT2D eigenvalue weighted by molar-refractivity contribution is -0.140. The van der Waals surface area contributed by atoms with E-state index in [2.05, 4.69) is 15.2 Å². The first kappa shape index (κ1) is 39.4. The van der Waals surface area contributed by atoms with Crippen LogP contribution in [0, 0.1) is 5.92 Å². The Morgan fingerprint density at radius 3 is 2.52 bits per heavy atom. The van der Waals surface area contributed by atoms with Crippen molar-refractivity contribution in [2.75, 3.05) is 46.9 Å². The molecule has 3 aromatic carbocycles. The first-order valence-corrected chi connectivity index (χ1v) is 20.1. The summed E-state index contributed by atoms with van der Waals surface area (Å²) in [6.07, 6.45) is 7.08. The number of ether oxygens (including phenoxy) is 1. The van der Waals surface area contributed by atoms with E-state index in [-0.39, 0.29) is 29.8 Å². The number of benzene rings is 3. The minimum absolute atomic E-state index is 0.0375. The Kier molecular flexibility index (Phi) is 12.3. The summed E-state index contributed by atoms with van der Waals surface area (Å²) in [6, 6.07) is 22.6. The molecule has 294 valence electrons. The van der Waals surface area contributed by atoms with Gasteiger partial charge in [0.2, 0.25) is 5.91 Å². The molecule has 2 amide bonds. The van der Waals surface area contributed by atoms with Crippen LogP contribution in [0.5, 0.6) is 5.75 Å². The normalized spacial score (nSPS) is 16.0. The molecule has 0 spiro atoms. The maximum atomic E-state index is 14.1. The van der Waals surface area contributed by atoms with Gasteiger partial charge in [0, 0.05) is 60.7 Å². The molecule has 2 N–H and O–H groups in total. The molecule has 7 rings (SSSR count). The summed E-state index contributed by atoms with van der Waals surface area (Å²) in [6.45, 7) is 2.76. The van der Waals surface area contributed by atoms with Crippen LogP contribution in [0.2, 0.25) is 5.02 Å². The van der Waals surface area contributed by atoms with Crippen LogP contribution in [0.25, 0.3) is 21.8 Å². The van der Waals surface area contributed by atoms with Gasteiger partial charge in [-0.25, -0.2) is 4.98 Å². The van der Waals surface area contributed by atoms with E-state index in [0.717, 1.165) is 48.0 Å². The van der Waals surface area contributed by atoms with Gasteiger partial charge in [-0.05, 0) is 101 Å². The molecule has 56 heavy (non-hydrogen) atoms. The first-order valence-electron chi connectivity index (χ1n) is 19.8. The fourth-order valence-electron chi connectivity index (χ4n) is 7.59. The highest BCUT2D eigenvalue weighted by molar-refractivity contribution is 6.35. The van der Waals surface area contributed by atoms with E-state index >= 15 is 0 Å². The molecule has 0 radical (unpaired) electrons. The van der Waals surface area contributed by atoms with Crippen LogP contribution >= 0.6 is 11.6 Å². The van der Waals surface area contributed by atoms with E-state index in [0.29, 0.717) is 91.5 Å². The van der Waals surface area contributed by atoms with Crippen molar-refractivity contribution < 1.29 is 19.4 Å². The van der Waals surface area contributed by atoms with Gasteiger partial charge in [-0.15, -0.1) is 0 Å². The number of nitrogens with zero attached hydrogens (tertiary/aromatic N) is 5. The Bertz CT molecular complexity index is 2230. The minimum atomic E-state index is -1.16. The Hall–Kier alpha value is -4.84. The highest BCUT2D eigenvalue weighted by Gasteiger charge is 2.36. The van der Waals surface area contributed by atoms with Gasteiger partial charge in [-0.2, -0.15) is 0 Å². The van der Waals surface area contributed by atoms with Crippen molar-refractivity contribution in [3.8, 4) is 5.75 Å². The first-order chi connectivity index (χ1) is 27.0. The SMILES string of the molecule is CN(C)CCCOc1ccc2c(=O)n(CC3(O)CCN(C(=O)[C@H](CCCNC(=O)c4ccc5c(Cl)cc(C6CC6)nc5c4)Cc4ccccc4)CC3)cnc2c1. The highest BCUT2D eigenvalue weighted by atomic mass is 35.5. The highest BCUT2D eigenvalue weighted by Crippen LogP contribution is 2.41. The Balaban J connectivity index is 0.940. The van der Waals surface area contributed by atoms with Crippen molar-refractivity contribution >= 4 is 45.2 Å². The second kappa shape index (κ2) is 17.5. The zero-order chi connectivity index (χ0) is 39.2. The van der Waals surface area contributed by atoms with Crippen molar-refractivity contribution in [1.29, 1.82) is 0 Å². The summed E-state index contributed by atoms with van der Waals surface area (Å²) in [5.41, 5.74) is 2.47. The predicted octanol–water partition coefficient (Wildman–Crippen LogP) is 6.23. The number of hydrogen-bond acceptors (Lipinski definition) is 8. The standard InChI is InChI=1S/C44H51ClN6O5/c1-49(2)20-7-23-56-34-14-16-36-39(26-34)47-29-51(43(36)54)28-44(55)17-21-50(22-18-44)42(53)33(24-30-8-4-3-5-9-30)10-6-19-46-41(52)32-13-15-35-37(45)27-38(31-11-12-31)48-40(35)25-32/h3-5,8-9,13-16,25-27,29,31,33,55H,6-7,10-12,17-24,28H2,1-2H3,(H,46,52)/t33-/m1/s1. The molecule has 2 fully saturated rings. The monoisotopic (exact) mass is 778 g/mol. The molecule has 0 bridgehead atoms. The molecule has 1 atom stereocenters. The average Bonchev–Trinajstić information content (AvgIpc) is 4.05. The van der Waals surface area contributed by atoms with E-state index in [4.69, 9.17) is 21.3 Å². The van der Waals surface area contributed by atoms with Crippen LogP contribution in [-0.4, -0.2) is 93.7 Å².